The monoisotopic (exact) mass is 403 g/mol. The normalized spacial score (nSPS) is 16.2. The number of carbonyl (C=O) groups is 1. The quantitative estimate of drug-likeness (QED) is 0.523. The number of aryl methyl sites for hydroxylation is 1. The molecule has 0 bridgehead atoms. The molecule has 3 aromatic heterocycles. The second-order valence-corrected chi connectivity index (χ2v) is 8.51. The number of hydrogen-bond acceptors (Lipinski definition) is 5. The predicted molar refractivity (Wildman–Crippen MR) is 112 cm³/mol. The highest BCUT2D eigenvalue weighted by Gasteiger charge is 2.41. The number of fused-ring (bicyclic) bond motifs is 1. The van der Waals surface area contributed by atoms with Gasteiger partial charge in [0, 0.05) is 42.3 Å². The Hall–Kier alpha value is -3.06. The average Bonchev–Trinajstić information content (AvgIpc) is 3.40. The molecule has 0 saturated carbocycles. The summed E-state index contributed by atoms with van der Waals surface area (Å²) in [5.74, 6) is -0.0355. The van der Waals surface area contributed by atoms with Gasteiger partial charge >= 0.3 is 0 Å². The van der Waals surface area contributed by atoms with E-state index in [0.29, 0.717) is 24.4 Å². The first-order valence-electron chi connectivity index (χ1n) is 9.73. The molecule has 0 N–H and O–H groups in total. The Labute approximate surface area is 172 Å². The lowest BCUT2D eigenvalue weighted by molar-refractivity contribution is 0.0677. The molecule has 0 unspecified atom stereocenters. The van der Waals surface area contributed by atoms with Gasteiger partial charge < -0.3 is 4.90 Å². The highest BCUT2D eigenvalue weighted by Crippen LogP contribution is 2.42. The first kappa shape index (κ1) is 18.0. The van der Waals surface area contributed by atoms with Crippen molar-refractivity contribution in [1.82, 2.24) is 24.5 Å². The Bertz CT molecular complexity index is 1130. The van der Waals surface area contributed by atoms with E-state index in [1.54, 1.807) is 40.4 Å². The number of thiazole rings is 1. The molecule has 29 heavy (non-hydrogen) atoms. The van der Waals surface area contributed by atoms with Gasteiger partial charge in [-0.3, -0.25) is 4.79 Å². The number of benzene rings is 1. The summed E-state index contributed by atoms with van der Waals surface area (Å²) in [5.41, 5.74) is 3.37. The van der Waals surface area contributed by atoms with Crippen LogP contribution in [0.5, 0.6) is 0 Å². The van der Waals surface area contributed by atoms with Crippen molar-refractivity contribution in [2.24, 2.45) is 0 Å². The van der Waals surface area contributed by atoms with Gasteiger partial charge in [0.2, 0.25) is 0 Å². The average molecular weight is 404 g/mol. The molecule has 0 atom stereocenters. The third-order valence-electron chi connectivity index (χ3n) is 5.80. The van der Waals surface area contributed by atoms with Gasteiger partial charge in [0.15, 0.2) is 11.3 Å². The third kappa shape index (κ3) is 3.11. The number of amides is 1. The van der Waals surface area contributed by atoms with Crippen LogP contribution in [0.1, 0.15) is 39.6 Å². The summed E-state index contributed by atoms with van der Waals surface area (Å²) >= 11 is 1.69. The van der Waals surface area contributed by atoms with Gasteiger partial charge in [-0.1, -0.05) is 30.3 Å². The maximum Gasteiger partial charge on any atom is 0.274 e. The molecule has 1 aromatic carbocycles. The molecule has 1 saturated heterocycles. The van der Waals surface area contributed by atoms with Crippen molar-refractivity contribution in [2.75, 3.05) is 13.1 Å². The maximum absolute atomic E-state index is 13.1. The van der Waals surface area contributed by atoms with Crippen molar-refractivity contribution in [3.63, 3.8) is 0 Å². The van der Waals surface area contributed by atoms with E-state index in [2.05, 4.69) is 39.7 Å². The van der Waals surface area contributed by atoms with E-state index in [0.717, 1.165) is 23.5 Å². The van der Waals surface area contributed by atoms with Crippen LogP contribution >= 0.6 is 11.3 Å². The fourth-order valence-electron chi connectivity index (χ4n) is 4.22. The minimum absolute atomic E-state index is 0.0355. The van der Waals surface area contributed by atoms with Crippen LogP contribution < -0.4 is 0 Å². The Morgan fingerprint density at radius 3 is 2.62 bits per heavy atom. The highest BCUT2D eigenvalue weighted by molar-refractivity contribution is 7.09. The Morgan fingerprint density at radius 1 is 1.14 bits per heavy atom. The molecule has 4 heterocycles. The second kappa shape index (κ2) is 7.08. The van der Waals surface area contributed by atoms with Crippen molar-refractivity contribution in [3.8, 4) is 0 Å². The summed E-state index contributed by atoms with van der Waals surface area (Å²) in [7, 11) is 0. The fourth-order valence-corrected chi connectivity index (χ4v) is 4.93. The number of carbonyl (C=O) groups excluding carboxylic acids is 1. The van der Waals surface area contributed by atoms with E-state index in [-0.39, 0.29) is 11.3 Å². The summed E-state index contributed by atoms with van der Waals surface area (Å²) in [6.45, 7) is 3.39. The van der Waals surface area contributed by atoms with Gasteiger partial charge in [-0.2, -0.15) is 5.10 Å². The van der Waals surface area contributed by atoms with E-state index in [4.69, 9.17) is 4.98 Å². The number of rotatable bonds is 3. The van der Waals surface area contributed by atoms with Crippen molar-refractivity contribution < 1.29 is 4.79 Å². The molecule has 1 aliphatic heterocycles. The summed E-state index contributed by atoms with van der Waals surface area (Å²) in [6.07, 6.45) is 5.20. The molecule has 1 fully saturated rings. The fraction of sp³-hybridized carbons (Fsp3) is 0.273. The number of aromatic nitrogens is 4. The lowest BCUT2D eigenvalue weighted by Gasteiger charge is -2.41. The van der Waals surface area contributed by atoms with E-state index < -0.39 is 0 Å². The molecule has 0 radical (unpaired) electrons. The second-order valence-electron chi connectivity index (χ2n) is 7.44. The van der Waals surface area contributed by atoms with Gasteiger partial charge in [-0.15, -0.1) is 11.3 Å². The summed E-state index contributed by atoms with van der Waals surface area (Å²) in [5, 5.41) is 7.65. The topological polar surface area (TPSA) is 63.4 Å². The van der Waals surface area contributed by atoms with Crippen molar-refractivity contribution >= 4 is 22.9 Å². The van der Waals surface area contributed by atoms with Gasteiger partial charge in [0.25, 0.3) is 5.91 Å². The van der Waals surface area contributed by atoms with E-state index in [9.17, 15) is 4.79 Å². The standard InChI is InChI=1S/C22H21N5OS/c1-16-24-19(15-29-16)22(17-6-3-2-4-7-17)8-12-26(13-9-22)21(28)18-14-20-23-10-5-11-27(20)25-18/h2-7,10-11,14-15H,8-9,12-13H2,1H3. The summed E-state index contributed by atoms with van der Waals surface area (Å²) in [6, 6.07) is 14.1. The van der Waals surface area contributed by atoms with Crippen LogP contribution in [0, 0.1) is 6.92 Å². The molecule has 0 aliphatic carbocycles. The first-order valence-corrected chi connectivity index (χ1v) is 10.6. The SMILES string of the molecule is Cc1nc(C2(c3ccccc3)CCN(C(=O)c3cc4ncccn4n3)CC2)cs1. The molecule has 1 aliphatic rings. The Morgan fingerprint density at radius 2 is 1.93 bits per heavy atom. The zero-order valence-corrected chi connectivity index (χ0v) is 17.0. The van der Waals surface area contributed by atoms with Gasteiger partial charge in [0.1, 0.15) is 0 Å². The minimum atomic E-state index is -0.150. The van der Waals surface area contributed by atoms with Crippen LogP contribution in [0.4, 0.5) is 0 Å². The molecule has 5 rings (SSSR count). The number of hydrogen-bond donors (Lipinski definition) is 0. The molecule has 1 amide bonds. The molecular weight excluding hydrogens is 382 g/mol. The highest BCUT2D eigenvalue weighted by atomic mass is 32.1. The smallest absolute Gasteiger partial charge is 0.274 e. The zero-order chi connectivity index (χ0) is 19.8. The van der Waals surface area contributed by atoms with E-state index >= 15 is 0 Å². The number of piperidine rings is 1. The number of likely N-dealkylation sites (tertiary alicyclic amines) is 1. The van der Waals surface area contributed by atoms with Crippen molar-refractivity contribution in [3.05, 3.63) is 82.2 Å². The predicted octanol–water partition coefficient (Wildman–Crippen LogP) is 3.72. The summed E-state index contributed by atoms with van der Waals surface area (Å²) in [4.78, 5) is 24.1. The van der Waals surface area contributed by atoms with Crippen LogP contribution in [0.2, 0.25) is 0 Å². The Balaban J connectivity index is 1.42. The third-order valence-corrected chi connectivity index (χ3v) is 6.57. The molecule has 6 nitrogen and oxygen atoms in total. The Kier molecular flexibility index (Phi) is 4.39. The lowest BCUT2D eigenvalue weighted by atomic mass is 9.70. The van der Waals surface area contributed by atoms with Crippen LogP contribution in [0.25, 0.3) is 5.65 Å². The van der Waals surface area contributed by atoms with Crippen LogP contribution in [0.15, 0.2) is 60.2 Å². The van der Waals surface area contributed by atoms with Crippen LogP contribution in [0.3, 0.4) is 0 Å². The zero-order valence-electron chi connectivity index (χ0n) is 16.2. The first-order chi connectivity index (χ1) is 14.2. The van der Waals surface area contributed by atoms with Crippen molar-refractivity contribution in [2.45, 2.75) is 25.2 Å². The molecule has 0 spiro atoms. The molecule has 7 heteroatoms. The molecule has 146 valence electrons. The summed E-state index contributed by atoms with van der Waals surface area (Å²) < 4.78 is 1.64. The van der Waals surface area contributed by atoms with Crippen LogP contribution in [-0.4, -0.2) is 43.5 Å². The van der Waals surface area contributed by atoms with Gasteiger partial charge in [0.05, 0.1) is 10.7 Å². The number of nitrogens with zero attached hydrogens (tertiary/aromatic N) is 5. The van der Waals surface area contributed by atoms with E-state index in [1.807, 2.05) is 17.9 Å². The molecular formula is C22H21N5OS. The van der Waals surface area contributed by atoms with Crippen molar-refractivity contribution in [1.29, 1.82) is 0 Å². The van der Waals surface area contributed by atoms with Gasteiger partial charge in [-0.05, 0) is 31.4 Å². The maximum atomic E-state index is 13.1. The lowest BCUT2D eigenvalue weighted by Crippen LogP contribution is -2.46. The molecule has 4 aromatic rings. The largest absolute Gasteiger partial charge is 0.337 e. The minimum Gasteiger partial charge on any atom is -0.337 e. The van der Waals surface area contributed by atoms with E-state index in [1.165, 1.54) is 5.56 Å². The van der Waals surface area contributed by atoms with Gasteiger partial charge in [-0.25, -0.2) is 14.5 Å². The van der Waals surface area contributed by atoms with Crippen LogP contribution in [-0.2, 0) is 5.41 Å².